The highest BCUT2D eigenvalue weighted by Crippen LogP contribution is 2.36. The van der Waals surface area contributed by atoms with Gasteiger partial charge in [-0.25, -0.2) is 0 Å². The van der Waals surface area contributed by atoms with E-state index in [1.165, 1.54) is 30.7 Å². The van der Waals surface area contributed by atoms with Gasteiger partial charge in [0.05, 0.1) is 0 Å². The first-order valence-corrected chi connectivity index (χ1v) is 19.9. The van der Waals surface area contributed by atoms with Crippen LogP contribution in [0, 0.1) is 45.3 Å². The molecule has 53 heavy (non-hydrogen) atoms. The fraction of sp³-hybridized carbons (Fsp3) is 0.733. The topological polar surface area (TPSA) is 81.2 Å². The van der Waals surface area contributed by atoms with Crippen LogP contribution in [-0.2, 0) is 19.2 Å². The van der Waals surface area contributed by atoms with Crippen molar-refractivity contribution in [3.63, 3.8) is 0 Å². The molecule has 0 aliphatic carbocycles. The third-order valence-electron chi connectivity index (χ3n) is 11.8. The van der Waals surface area contributed by atoms with Crippen molar-refractivity contribution >= 4 is 23.6 Å². The van der Waals surface area contributed by atoms with Gasteiger partial charge in [-0.15, -0.1) is 0 Å². The van der Waals surface area contributed by atoms with Gasteiger partial charge in [0, 0.05) is 52.4 Å². The molecule has 0 spiro atoms. The molecule has 0 N–H and O–H groups in total. The first-order valence-electron chi connectivity index (χ1n) is 19.9. The lowest BCUT2D eigenvalue weighted by atomic mass is 9.75. The maximum absolute atomic E-state index is 11.4. The van der Waals surface area contributed by atoms with Crippen LogP contribution in [0.4, 0.5) is 0 Å². The molecule has 4 aliphatic rings. The molecule has 4 saturated heterocycles. The summed E-state index contributed by atoms with van der Waals surface area (Å²) in [7, 11) is 0. The highest BCUT2D eigenvalue weighted by Gasteiger charge is 2.37. The summed E-state index contributed by atoms with van der Waals surface area (Å²) in [5, 5.41) is 0. The molecule has 0 aromatic carbocycles. The van der Waals surface area contributed by atoms with Crippen LogP contribution in [0.1, 0.15) is 115 Å². The highest BCUT2D eigenvalue weighted by molar-refractivity contribution is 5.88. The predicted octanol–water partition coefficient (Wildman–Crippen LogP) is 8.66. The van der Waals surface area contributed by atoms with Gasteiger partial charge >= 0.3 is 0 Å². The van der Waals surface area contributed by atoms with Crippen LogP contribution in [0.5, 0.6) is 0 Å². The fourth-order valence-electron chi connectivity index (χ4n) is 7.24. The van der Waals surface area contributed by atoms with E-state index in [2.05, 4.69) is 109 Å². The number of carbonyl (C=O) groups is 4. The molecule has 8 heteroatoms. The number of likely N-dealkylation sites (tertiary alicyclic amines) is 4. The third-order valence-corrected chi connectivity index (χ3v) is 11.8. The van der Waals surface area contributed by atoms with E-state index in [0.29, 0.717) is 39.4 Å². The first-order chi connectivity index (χ1) is 24.3. The van der Waals surface area contributed by atoms with Crippen molar-refractivity contribution in [1.29, 1.82) is 0 Å². The summed E-state index contributed by atoms with van der Waals surface area (Å²) in [6.45, 7) is 48.1. The lowest BCUT2D eigenvalue weighted by Gasteiger charge is -2.45. The fourth-order valence-corrected chi connectivity index (χ4v) is 7.24. The summed E-state index contributed by atoms with van der Waals surface area (Å²) in [4.78, 5) is 52.7. The number of piperidine rings is 2. The Bertz CT molecular complexity index is 1240. The van der Waals surface area contributed by atoms with Crippen molar-refractivity contribution in [3.8, 4) is 0 Å². The lowest BCUT2D eigenvalue weighted by molar-refractivity contribution is -0.135. The van der Waals surface area contributed by atoms with Crippen molar-refractivity contribution in [3.05, 3.63) is 50.6 Å². The predicted molar refractivity (Wildman–Crippen MR) is 222 cm³/mol. The Morgan fingerprint density at radius 1 is 0.396 bits per heavy atom. The zero-order valence-corrected chi connectivity index (χ0v) is 36.1. The van der Waals surface area contributed by atoms with Crippen LogP contribution < -0.4 is 0 Å². The van der Waals surface area contributed by atoms with E-state index in [-0.39, 0.29) is 23.6 Å². The number of hydrogen-bond donors (Lipinski definition) is 0. The van der Waals surface area contributed by atoms with Gasteiger partial charge in [0.2, 0.25) is 23.6 Å². The maximum Gasteiger partial charge on any atom is 0.245 e. The molecule has 4 fully saturated rings. The number of carbonyl (C=O) groups excluding carboxylic acids is 4. The Balaban J connectivity index is 0.000000354. The second kappa shape index (κ2) is 20.5. The monoisotopic (exact) mass is 739 g/mol. The first kappa shape index (κ1) is 47.9. The van der Waals surface area contributed by atoms with E-state index in [9.17, 15) is 19.2 Å². The van der Waals surface area contributed by atoms with Gasteiger partial charge < -0.3 is 19.6 Å². The van der Waals surface area contributed by atoms with Gasteiger partial charge in [0.25, 0.3) is 0 Å². The summed E-state index contributed by atoms with van der Waals surface area (Å²) in [5.41, 5.74) is 1.33. The van der Waals surface area contributed by atoms with Gasteiger partial charge in [0.15, 0.2) is 0 Å². The van der Waals surface area contributed by atoms with Crippen LogP contribution in [-0.4, -0.2) is 95.6 Å². The summed E-state index contributed by atoms with van der Waals surface area (Å²) in [6, 6.07) is 0. The Morgan fingerprint density at radius 3 is 1.04 bits per heavy atom. The summed E-state index contributed by atoms with van der Waals surface area (Å²) < 4.78 is 0. The molecule has 0 aromatic heterocycles. The zero-order chi connectivity index (χ0) is 40.9. The molecule has 4 heterocycles. The van der Waals surface area contributed by atoms with E-state index in [1.807, 2.05) is 19.6 Å². The van der Waals surface area contributed by atoms with E-state index in [0.717, 1.165) is 84.0 Å². The minimum Gasteiger partial charge on any atom is -0.339 e. The maximum atomic E-state index is 11.4. The normalized spacial score (nSPS) is 21.3. The summed E-state index contributed by atoms with van der Waals surface area (Å²) in [6.07, 6.45) is 11.4. The Morgan fingerprint density at radius 2 is 0.679 bits per heavy atom. The third kappa shape index (κ3) is 16.0. The van der Waals surface area contributed by atoms with E-state index in [1.54, 1.807) is 0 Å². The van der Waals surface area contributed by atoms with Crippen molar-refractivity contribution in [1.82, 2.24) is 19.6 Å². The zero-order valence-electron chi connectivity index (χ0n) is 36.1. The largest absolute Gasteiger partial charge is 0.339 e. The molecule has 2 unspecified atom stereocenters. The van der Waals surface area contributed by atoms with E-state index in [4.69, 9.17) is 0 Å². The van der Waals surface area contributed by atoms with E-state index < -0.39 is 0 Å². The van der Waals surface area contributed by atoms with Crippen LogP contribution in [0.3, 0.4) is 0 Å². The molecule has 0 saturated carbocycles. The quantitative estimate of drug-likeness (QED) is 0.271. The minimum absolute atomic E-state index is 0.0653. The molecular formula is C45H78N4O4. The second-order valence-electron chi connectivity index (χ2n) is 19.7. The van der Waals surface area contributed by atoms with Crippen LogP contribution >= 0.6 is 0 Å². The molecule has 8 nitrogen and oxygen atoms in total. The molecule has 4 amide bonds. The van der Waals surface area contributed by atoms with E-state index >= 15 is 0 Å². The molecule has 2 atom stereocenters. The number of amides is 4. The number of nitrogens with zero attached hydrogens (tertiary/aromatic N) is 4. The molecule has 0 radical (unpaired) electrons. The molecule has 302 valence electrons. The van der Waals surface area contributed by atoms with Crippen molar-refractivity contribution in [2.24, 2.45) is 45.3 Å². The molecular weight excluding hydrogens is 661 g/mol. The average Bonchev–Trinajstić information content (AvgIpc) is 3.58. The number of rotatable bonds is 4. The molecule has 0 bridgehead atoms. The Kier molecular flexibility index (Phi) is 18.5. The SMILES string of the molecule is C=CC(=O)N1CC(C(C)(C)C)C1.C=CC(=O)N1CCC(C(C)(C)C)C1.C=CC(=O)N1CCC(C(C)(C)C)CC1.C=CC(=O)N1CCCC(C(C)(C)C)C1. The smallest absolute Gasteiger partial charge is 0.245 e. The van der Waals surface area contributed by atoms with Gasteiger partial charge in [-0.1, -0.05) is 109 Å². The van der Waals surface area contributed by atoms with Gasteiger partial charge in [-0.3, -0.25) is 19.2 Å². The highest BCUT2D eigenvalue weighted by atomic mass is 16.2. The summed E-state index contributed by atoms with van der Waals surface area (Å²) in [5.74, 6) is 2.97. The van der Waals surface area contributed by atoms with Crippen molar-refractivity contribution in [2.75, 3.05) is 52.4 Å². The van der Waals surface area contributed by atoms with Crippen molar-refractivity contribution in [2.45, 2.75) is 115 Å². The lowest BCUT2D eigenvalue weighted by Crippen LogP contribution is -2.54. The van der Waals surface area contributed by atoms with Gasteiger partial charge in [-0.05, 0) is 102 Å². The standard InChI is InChI=1S/2C12H21NO.C11H19NO.C10H17NO/c1-5-11(14)13-8-6-10(7-9-13)12(2,3)4;1-5-11(14)13-8-6-7-10(9-13)12(2,3)4;1-5-10(13)12-7-6-9(8-12)11(2,3)4;1-5-9(12)11-6-8(7-11)10(2,3)4/h2*5,10H,1,6-9H2,2-4H3;5,9H,1,6-8H2,2-4H3;5,8H,1,6-7H2,2-4H3. The molecule has 0 aromatic rings. The van der Waals surface area contributed by atoms with Gasteiger partial charge in [0.1, 0.15) is 0 Å². The Hall–Kier alpha value is -3.16. The second-order valence-corrected chi connectivity index (χ2v) is 19.7. The molecule has 4 aliphatic heterocycles. The van der Waals surface area contributed by atoms with Crippen LogP contribution in [0.25, 0.3) is 0 Å². The minimum atomic E-state index is 0.0653. The average molecular weight is 739 g/mol. The van der Waals surface area contributed by atoms with Gasteiger partial charge in [-0.2, -0.15) is 0 Å². The van der Waals surface area contributed by atoms with Crippen LogP contribution in [0.2, 0.25) is 0 Å². The number of hydrogen-bond acceptors (Lipinski definition) is 4. The Labute approximate surface area is 325 Å². The van der Waals surface area contributed by atoms with Crippen LogP contribution in [0.15, 0.2) is 50.6 Å². The van der Waals surface area contributed by atoms with Crippen molar-refractivity contribution < 1.29 is 19.2 Å². The molecule has 4 rings (SSSR count). The summed E-state index contributed by atoms with van der Waals surface area (Å²) >= 11 is 0.